The number of rotatable bonds is 4. The van der Waals surface area contributed by atoms with E-state index >= 15 is 0 Å². The van der Waals surface area contributed by atoms with Crippen LogP contribution in [0.5, 0.6) is 5.75 Å². The predicted octanol–water partition coefficient (Wildman–Crippen LogP) is 4.07. The van der Waals surface area contributed by atoms with Gasteiger partial charge < -0.3 is 4.74 Å². The maximum atomic E-state index is 6.08. The fourth-order valence-corrected chi connectivity index (χ4v) is 2.15. The number of benzene rings is 1. The highest BCUT2D eigenvalue weighted by Gasteiger charge is 2.05. The van der Waals surface area contributed by atoms with Crippen molar-refractivity contribution in [2.45, 2.75) is 13.3 Å². The first-order chi connectivity index (χ1) is 8.24. The second-order valence-corrected chi connectivity index (χ2v) is 4.40. The van der Waals surface area contributed by atoms with Gasteiger partial charge in [-0.1, -0.05) is 11.6 Å². The molecule has 0 unspecified atom stereocenters. The standard InChI is InChI=1S/C13H13Cl2NO/c1-2-17-11-3-4-12-10(8-11)7-9(5-6-14)13(15)16-12/h3-4,7-8H,2,5-6H2,1H3. The molecule has 1 aromatic carbocycles. The molecule has 0 aliphatic carbocycles. The molecule has 0 N–H and O–H groups in total. The monoisotopic (exact) mass is 269 g/mol. The lowest BCUT2D eigenvalue weighted by Gasteiger charge is -2.07. The summed E-state index contributed by atoms with van der Waals surface area (Å²) in [5.74, 6) is 1.39. The number of hydrogen-bond acceptors (Lipinski definition) is 2. The molecular formula is C13H13Cl2NO. The number of aromatic nitrogens is 1. The minimum Gasteiger partial charge on any atom is -0.494 e. The Morgan fingerprint density at radius 2 is 2.12 bits per heavy atom. The SMILES string of the molecule is CCOc1ccc2nc(Cl)c(CCCl)cc2c1. The van der Waals surface area contributed by atoms with Crippen molar-refractivity contribution in [1.29, 1.82) is 0 Å². The molecule has 0 spiro atoms. The van der Waals surface area contributed by atoms with Gasteiger partial charge in [0.25, 0.3) is 0 Å². The van der Waals surface area contributed by atoms with Gasteiger partial charge in [-0.2, -0.15) is 0 Å². The summed E-state index contributed by atoms with van der Waals surface area (Å²) in [7, 11) is 0. The highest BCUT2D eigenvalue weighted by Crippen LogP contribution is 2.24. The van der Waals surface area contributed by atoms with Gasteiger partial charge in [0.15, 0.2) is 0 Å². The summed E-state index contributed by atoms with van der Waals surface area (Å²) in [5, 5.41) is 1.56. The fraction of sp³-hybridized carbons (Fsp3) is 0.308. The quantitative estimate of drug-likeness (QED) is 0.617. The van der Waals surface area contributed by atoms with Crippen molar-refractivity contribution < 1.29 is 4.74 Å². The van der Waals surface area contributed by atoms with Crippen LogP contribution in [0.25, 0.3) is 10.9 Å². The van der Waals surface area contributed by atoms with Gasteiger partial charge in [-0.25, -0.2) is 4.98 Å². The third kappa shape index (κ3) is 2.82. The van der Waals surface area contributed by atoms with Gasteiger partial charge in [-0.05, 0) is 43.2 Å². The Morgan fingerprint density at radius 3 is 2.82 bits per heavy atom. The van der Waals surface area contributed by atoms with Crippen molar-refractivity contribution in [2.75, 3.05) is 12.5 Å². The van der Waals surface area contributed by atoms with E-state index in [4.69, 9.17) is 27.9 Å². The van der Waals surface area contributed by atoms with Crippen LogP contribution in [0.1, 0.15) is 12.5 Å². The molecule has 90 valence electrons. The second kappa shape index (κ2) is 5.56. The molecule has 0 atom stereocenters. The molecule has 2 aromatic rings. The lowest BCUT2D eigenvalue weighted by atomic mass is 10.1. The number of hydrogen-bond donors (Lipinski definition) is 0. The Labute approximate surface area is 111 Å². The van der Waals surface area contributed by atoms with E-state index in [1.807, 2.05) is 31.2 Å². The van der Waals surface area contributed by atoms with Crippen molar-refractivity contribution in [3.63, 3.8) is 0 Å². The number of nitrogens with zero attached hydrogens (tertiary/aromatic N) is 1. The van der Waals surface area contributed by atoms with Crippen LogP contribution in [0.4, 0.5) is 0 Å². The molecule has 2 nitrogen and oxygen atoms in total. The molecule has 0 aliphatic rings. The normalized spacial score (nSPS) is 10.8. The zero-order valence-electron chi connectivity index (χ0n) is 9.54. The van der Waals surface area contributed by atoms with E-state index in [-0.39, 0.29) is 0 Å². The molecule has 0 amide bonds. The summed E-state index contributed by atoms with van der Waals surface area (Å²) in [5.41, 5.74) is 1.85. The summed E-state index contributed by atoms with van der Waals surface area (Å²) in [6, 6.07) is 7.81. The van der Waals surface area contributed by atoms with Gasteiger partial charge >= 0.3 is 0 Å². The number of halogens is 2. The van der Waals surface area contributed by atoms with Gasteiger partial charge in [-0.3, -0.25) is 0 Å². The van der Waals surface area contributed by atoms with Crippen LogP contribution >= 0.6 is 23.2 Å². The van der Waals surface area contributed by atoms with Crippen molar-refractivity contribution in [2.24, 2.45) is 0 Å². The van der Waals surface area contributed by atoms with E-state index in [2.05, 4.69) is 4.98 Å². The van der Waals surface area contributed by atoms with E-state index < -0.39 is 0 Å². The number of aryl methyl sites for hydroxylation is 1. The van der Waals surface area contributed by atoms with Crippen LogP contribution in [0, 0.1) is 0 Å². The van der Waals surface area contributed by atoms with Crippen LogP contribution in [-0.4, -0.2) is 17.5 Å². The summed E-state index contributed by atoms with van der Waals surface area (Å²) in [6.07, 6.45) is 0.724. The van der Waals surface area contributed by atoms with E-state index in [0.717, 1.165) is 28.6 Å². The molecule has 0 saturated carbocycles. The lowest BCUT2D eigenvalue weighted by molar-refractivity contribution is 0.340. The molecule has 0 radical (unpaired) electrons. The zero-order chi connectivity index (χ0) is 12.3. The first kappa shape index (κ1) is 12.5. The van der Waals surface area contributed by atoms with E-state index in [1.165, 1.54) is 0 Å². The summed E-state index contributed by atoms with van der Waals surface area (Å²) >= 11 is 11.8. The van der Waals surface area contributed by atoms with Gasteiger partial charge in [0.1, 0.15) is 10.9 Å². The summed E-state index contributed by atoms with van der Waals surface area (Å²) in [6.45, 7) is 2.62. The zero-order valence-corrected chi connectivity index (χ0v) is 11.1. The number of alkyl halides is 1. The van der Waals surface area contributed by atoms with Crippen molar-refractivity contribution in [3.05, 3.63) is 35.0 Å². The van der Waals surface area contributed by atoms with Crippen LogP contribution in [0.2, 0.25) is 5.15 Å². The maximum Gasteiger partial charge on any atom is 0.133 e. The second-order valence-electron chi connectivity index (χ2n) is 3.66. The Morgan fingerprint density at radius 1 is 1.29 bits per heavy atom. The first-order valence-corrected chi connectivity index (χ1v) is 6.43. The summed E-state index contributed by atoms with van der Waals surface area (Å²) in [4.78, 5) is 4.35. The van der Waals surface area contributed by atoms with Gasteiger partial charge in [0, 0.05) is 11.3 Å². The Hall–Kier alpha value is -0.990. The predicted molar refractivity (Wildman–Crippen MR) is 72.3 cm³/mol. The number of ether oxygens (including phenoxy) is 1. The Bertz CT molecular complexity index is 528. The molecule has 0 aliphatic heterocycles. The highest BCUT2D eigenvalue weighted by atomic mass is 35.5. The highest BCUT2D eigenvalue weighted by molar-refractivity contribution is 6.30. The molecule has 17 heavy (non-hydrogen) atoms. The van der Waals surface area contributed by atoms with Crippen LogP contribution < -0.4 is 4.74 Å². The minimum absolute atomic E-state index is 0.530. The maximum absolute atomic E-state index is 6.08. The molecule has 0 saturated heterocycles. The molecule has 0 fully saturated rings. The Balaban J connectivity index is 2.48. The minimum atomic E-state index is 0.530. The fourth-order valence-electron chi connectivity index (χ4n) is 1.71. The molecule has 4 heteroatoms. The van der Waals surface area contributed by atoms with E-state index in [0.29, 0.717) is 17.6 Å². The van der Waals surface area contributed by atoms with Crippen molar-refractivity contribution in [1.82, 2.24) is 4.98 Å². The third-order valence-electron chi connectivity index (χ3n) is 2.49. The smallest absolute Gasteiger partial charge is 0.133 e. The topological polar surface area (TPSA) is 22.1 Å². The number of fused-ring (bicyclic) bond motifs is 1. The molecule has 0 bridgehead atoms. The van der Waals surface area contributed by atoms with Crippen LogP contribution in [-0.2, 0) is 6.42 Å². The average Bonchev–Trinajstić information content (AvgIpc) is 2.31. The van der Waals surface area contributed by atoms with Crippen molar-refractivity contribution >= 4 is 34.1 Å². The van der Waals surface area contributed by atoms with Gasteiger partial charge in [0.2, 0.25) is 0 Å². The van der Waals surface area contributed by atoms with E-state index in [9.17, 15) is 0 Å². The number of pyridine rings is 1. The first-order valence-electron chi connectivity index (χ1n) is 5.52. The van der Waals surface area contributed by atoms with Gasteiger partial charge in [-0.15, -0.1) is 11.6 Å². The molecule has 1 heterocycles. The molecule has 1 aromatic heterocycles. The van der Waals surface area contributed by atoms with Crippen LogP contribution in [0.3, 0.4) is 0 Å². The Kier molecular flexibility index (Phi) is 4.08. The van der Waals surface area contributed by atoms with Gasteiger partial charge in [0.05, 0.1) is 12.1 Å². The molecule has 2 rings (SSSR count). The lowest BCUT2D eigenvalue weighted by Crippen LogP contribution is -1.94. The summed E-state index contributed by atoms with van der Waals surface area (Å²) < 4.78 is 5.46. The van der Waals surface area contributed by atoms with Crippen molar-refractivity contribution in [3.8, 4) is 5.75 Å². The molecular weight excluding hydrogens is 257 g/mol. The largest absolute Gasteiger partial charge is 0.494 e. The van der Waals surface area contributed by atoms with E-state index in [1.54, 1.807) is 0 Å². The van der Waals surface area contributed by atoms with Crippen LogP contribution in [0.15, 0.2) is 24.3 Å². The third-order valence-corrected chi connectivity index (χ3v) is 3.00. The average molecular weight is 270 g/mol.